The number of ether oxygens (including phenoxy) is 1. The van der Waals surface area contributed by atoms with Crippen LogP contribution in [0.4, 0.5) is 0 Å². The van der Waals surface area contributed by atoms with Gasteiger partial charge in [0.2, 0.25) is 11.8 Å². The van der Waals surface area contributed by atoms with E-state index in [-0.39, 0.29) is 24.3 Å². The summed E-state index contributed by atoms with van der Waals surface area (Å²) in [5.41, 5.74) is 0.913. The molecule has 0 saturated carbocycles. The Morgan fingerprint density at radius 2 is 2.10 bits per heavy atom. The van der Waals surface area contributed by atoms with Crippen molar-refractivity contribution in [3.05, 3.63) is 29.8 Å². The van der Waals surface area contributed by atoms with Crippen molar-refractivity contribution in [2.45, 2.75) is 32.9 Å². The summed E-state index contributed by atoms with van der Waals surface area (Å²) in [5, 5.41) is 2.68. The monoisotopic (exact) mass is 290 g/mol. The predicted octanol–water partition coefficient (Wildman–Crippen LogP) is 1.57. The fraction of sp³-hybridized carbons (Fsp3) is 0.500. The number of hydrogen-bond acceptors (Lipinski definition) is 3. The Hall–Kier alpha value is -2.04. The summed E-state index contributed by atoms with van der Waals surface area (Å²) in [6.45, 7) is 4.49. The number of carbonyl (C=O) groups excluding carboxylic acids is 2. The van der Waals surface area contributed by atoms with E-state index in [4.69, 9.17) is 4.74 Å². The molecular formula is C16H22N2O3. The number of piperazine rings is 1. The van der Waals surface area contributed by atoms with Gasteiger partial charge in [-0.15, -0.1) is 0 Å². The molecule has 2 unspecified atom stereocenters. The van der Waals surface area contributed by atoms with Crippen molar-refractivity contribution in [2.24, 2.45) is 5.92 Å². The van der Waals surface area contributed by atoms with Crippen molar-refractivity contribution in [1.29, 1.82) is 0 Å². The van der Waals surface area contributed by atoms with Crippen LogP contribution in [0.3, 0.4) is 0 Å². The zero-order valence-electron chi connectivity index (χ0n) is 12.8. The molecule has 1 fully saturated rings. The van der Waals surface area contributed by atoms with Crippen molar-refractivity contribution in [3.8, 4) is 5.75 Å². The molecule has 1 aliphatic heterocycles. The van der Waals surface area contributed by atoms with E-state index in [1.54, 1.807) is 12.0 Å². The van der Waals surface area contributed by atoms with Gasteiger partial charge in [-0.05, 0) is 12.0 Å². The number of rotatable bonds is 5. The molecule has 0 bridgehead atoms. The average molecular weight is 290 g/mol. The number of benzene rings is 1. The van der Waals surface area contributed by atoms with Gasteiger partial charge >= 0.3 is 0 Å². The highest BCUT2D eigenvalue weighted by atomic mass is 16.5. The SMILES string of the molecule is CCC(C)C1C(=O)NCC(=O)N1Cc1ccccc1OC. The molecule has 0 spiro atoms. The number of para-hydroxylation sites is 1. The lowest BCUT2D eigenvalue weighted by atomic mass is 9.94. The van der Waals surface area contributed by atoms with Crippen molar-refractivity contribution < 1.29 is 14.3 Å². The largest absolute Gasteiger partial charge is 0.496 e. The molecule has 1 N–H and O–H groups in total. The van der Waals surface area contributed by atoms with E-state index >= 15 is 0 Å². The standard InChI is InChI=1S/C16H22N2O3/c1-4-11(2)15-16(20)17-9-14(19)18(15)10-12-7-5-6-8-13(12)21-3/h5-8,11,15H,4,9-10H2,1-3H3,(H,17,20). The Bertz CT molecular complexity index is 530. The maximum absolute atomic E-state index is 12.2. The van der Waals surface area contributed by atoms with Gasteiger partial charge in [-0.1, -0.05) is 38.5 Å². The summed E-state index contributed by atoms with van der Waals surface area (Å²) in [5.74, 6) is 0.729. The molecule has 1 aliphatic rings. The third-order valence-electron chi connectivity index (χ3n) is 4.05. The average Bonchev–Trinajstić information content (AvgIpc) is 2.51. The lowest BCUT2D eigenvalue weighted by molar-refractivity contribution is -0.148. The number of nitrogens with one attached hydrogen (secondary N) is 1. The second-order valence-corrected chi connectivity index (χ2v) is 5.38. The Morgan fingerprint density at radius 1 is 1.38 bits per heavy atom. The van der Waals surface area contributed by atoms with Gasteiger partial charge in [0, 0.05) is 5.56 Å². The van der Waals surface area contributed by atoms with Gasteiger partial charge in [-0.2, -0.15) is 0 Å². The molecule has 21 heavy (non-hydrogen) atoms. The van der Waals surface area contributed by atoms with Crippen LogP contribution in [0.2, 0.25) is 0 Å². The second-order valence-electron chi connectivity index (χ2n) is 5.38. The Labute approximate surface area is 125 Å². The van der Waals surface area contributed by atoms with E-state index in [2.05, 4.69) is 5.32 Å². The molecule has 1 heterocycles. The number of carbonyl (C=O) groups is 2. The molecule has 0 aliphatic carbocycles. The number of amides is 2. The lowest BCUT2D eigenvalue weighted by Gasteiger charge is -2.38. The summed E-state index contributed by atoms with van der Waals surface area (Å²) in [6.07, 6.45) is 0.841. The van der Waals surface area contributed by atoms with E-state index < -0.39 is 6.04 Å². The zero-order valence-corrected chi connectivity index (χ0v) is 12.8. The highest BCUT2D eigenvalue weighted by Crippen LogP contribution is 2.24. The van der Waals surface area contributed by atoms with Crippen LogP contribution in [0.1, 0.15) is 25.8 Å². The minimum atomic E-state index is -0.416. The van der Waals surface area contributed by atoms with Crippen LogP contribution in [0.15, 0.2) is 24.3 Å². The normalized spacial score (nSPS) is 20.1. The molecule has 2 atom stereocenters. The molecule has 0 radical (unpaired) electrons. The van der Waals surface area contributed by atoms with Gasteiger partial charge in [0.25, 0.3) is 0 Å². The topological polar surface area (TPSA) is 58.6 Å². The van der Waals surface area contributed by atoms with Crippen molar-refractivity contribution in [2.75, 3.05) is 13.7 Å². The number of nitrogens with zero attached hydrogens (tertiary/aromatic N) is 1. The highest BCUT2D eigenvalue weighted by molar-refractivity contribution is 5.95. The van der Waals surface area contributed by atoms with Gasteiger partial charge in [-0.25, -0.2) is 0 Å². The lowest BCUT2D eigenvalue weighted by Crippen LogP contribution is -2.60. The van der Waals surface area contributed by atoms with Gasteiger partial charge in [0.05, 0.1) is 20.2 Å². The molecule has 2 amide bonds. The fourth-order valence-electron chi connectivity index (χ4n) is 2.66. The van der Waals surface area contributed by atoms with Crippen molar-refractivity contribution in [1.82, 2.24) is 10.2 Å². The zero-order chi connectivity index (χ0) is 15.4. The Kier molecular flexibility index (Phi) is 4.83. The third-order valence-corrected chi connectivity index (χ3v) is 4.05. The molecule has 2 rings (SSSR count). The van der Waals surface area contributed by atoms with Crippen LogP contribution in [0, 0.1) is 5.92 Å². The smallest absolute Gasteiger partial charge is 0.243 e. The van der Waals surface area contributed by atoms with Crippen molar-refractivity contribution >= 4 is 11.8 Å². The second kappa shape index (κ2) is 6.61. The third kappa shape index (κ3) is 3.17. The van der Waals surface area contributed by atoms with Crippen LogP contribution in [-0.4, -0.2) is 36.4 Å². The van der Waals surface area contributed by atoms with Gasteiger partial charge < -0.3 is 15.0 Å². The van der Waals surface area contributed by atoms with Crippen LogP contribution >= 0.6 is 0 Å². The molecule has 5 heteroatoms. The number of hydrogen-bond donors (Lipinski definition) is 1. The first-order valence-electron chi connectivity index (χ1n) is 7.27. The van der Waals surface area contributed by atoms with E-state index in [0.717, 1.165) is 17.7 Å². The first-order chi connectivity index (χ1) is 10.1. The van der Waals surface area contributed by atoms with E-state index in [1.165, 1.54) is 0 Å². The fourth-order valence-corrected chi connectivity index (χ4v) is 2.66. The summed E-state index contributed by atoms with van der Waals surface area (Å²) in [7, 11) is 1.61. The molecule has 1 saturated heterocycles. The maximum atomic E-state index is 12.2. The minimum Gasteiger partial charge on any atom is -0.496 e. The molecule has 114 valence electrons. The van der Waals surface area contributed by atoms with Crippen LogP contribution in [-0.2, 0) is 16.1 Å². The summed E-state index contributed by atoms with van der Waals surface area (Å²) in [4.78, 5) is 26.1. The minimum absolute atomic E-state index is 0.0502. The van der Waals surface area contributed by atoms with Crippen LogP contribution < -0.4 is 10.1 Å². The molecular weight excluding hydrogens is 268 g/mol. The summed E-state index contributed by atoms with van der Waals surface area (Å²) >= 11 is 0. The first kappa shape index (κ1) is 15.4. The van der Waals surface area contributed by atoms with E-state index in [0.29, 0.717) is 6.54 Å². The van der Waals surface area contributed by atoms with E-state index in [9.17, 15) is 9.59 Å². The highest BCUT2D eigenvalue weighted by Gasteiger charge is 2.37. The quantitative estimate of drug-likeness (QED) is 0.895. The maximum Gasteiger partial charge on any atom is 0.243 e. The molecule has 1 aromatic carbocycles. The summed E-state index contributed by atoms with van der Waals surface area (Å²) in [6, 6.07) is 7.17. The van der Waals surface area contributed by atoms with Gasteiger partial charge in [-0.3, -0.25) is 9.59 Å². The van der Waals surface area contributed by atoms with Crippen LogP contribution in [0.25, 0.3) is 0 Å². The molecule has 5 nitrogen and oxygen atoms in total. The van der Waals surface area contributed by atoms with E-state index in [1.807, 2.05) is 38.1 Å². The molecule has 1 aromatic rings. The first-order valence-corrected chi connectivity index (χ1v) is 7.27. The van der Waals surface area contributed by atoms with Crippen LogP contribution in [0.5, 0.6) is 5.75 Å². The van der Waals surface area contributed by atoms with Gasteiger partial charge in [0.1, 0.15) is 11.8 Å². The number of methoxy groups -OCH3 is 1. The summed E-state index contributed by atoms with van der Waals surface area (Å²) < 4.78 is 5.33. The van der Waals surface area contributed by atoms with Crippen molar-refractivity contribution in [3.63, 3.8) is 0 Å². The Morgan fingerprint density at radius 3 is 2.76 bits per heavy atom. The molecule has 0 aromatic heterocycles. The Balaban J connectivity index is 2.28. The van der Waals surface area contributed by atoms with Gasteiger partial charge in [0.15, 0.2) is 0 Å². The predicted molar refractivity (Wildman–Crippen MR) is 79.8 cm³/mol.